The summed E-state index contributed by atoms with van der Waals surface area (Å²) in [6, 6.07) is 5.54. The molecular formula is C13H13BrF3N3. The van der Waals surface area contributed by atoms with Crippen LogP contribution < -0.4 is 5.32 Å². The fourth-order valence-corrected chi connectivity index (χ4v) is 2.35. The molecule has 0 spiro atoms. The predicted octanol–water partition coefficient (Wildman–Crippen LogP) is 4.37. The summed E-state index contributed by atoms with van der Waals surface area (Å²) < 4.78 is 41.1. The minimum Gasteiger partial charge on any atom is -0.376 e. The van der Waals surface area contributed by atoms with Crippen LogP contribution in [0.3, 0.4) is 0 Å². The topological polar surface area (TPSA) is 29.9 Å². The maximum Gasteiger partial charge on any atom is 0.418 e. The van der Waals surface area contributed by atoms with Crippen molar-refractivity contribution in [3.05, 3.63) is 46.2 Å². The highest BCUT2D eigenvalue weighted by Crippen LogP contribution is 2.37. The zero-order valence-electron chi connectivity index (χ0n) is 10.9. The Kier molecular flexibility index (Phi) is 4.08. The second-order valence-electron chi connectivity index (χ2n) is 4.43. The summed E-state index contributed by atoms with van der Waals surface area (Å²) in [5, 5.41) is 6.90. The summed E-state index contributed by atoms with van der Waals surface area (Å²) >= 11 is 3.06. The highest BCUT2D eigenvalue weighted by atomic mass is 79.9. The number of nitrogens with zero attached hydrogens (tertiary/aromatic N) is 2. The van der Waals surface area contributed by atoms with Gasteiger partial charge in [-0.3, -0.25) is 4.68 Å². The molecule has 2 aromatic rings. The van der Waals surface area contributed by atoms with Gasteiger partial charge in [-0.15, -0.1) is 0 Å². The standard InChI is InChI=1S/C13H13BrF3N3/c1-8(12-5-6-18-20(12)2)19-11-4-3-9(14)7-10(11)13(15,16)17/h3-8,19H,1-2H3. The molecular weight excluding hydrogens is 335 g/mol. The second kappa shape index (κ2) is 5.47. The lowest BCUT2D eigenvalue weighted by molar-refractivity contribution is -0.137. The third-order valence-electron chi connectivity index (χ3n) is 2.96. The Morgan fingerprint density at radius 3 is 2.55 bits per heavy atom. The Morgan fingerprint density at radius 2 is 2.00 bits per heavy atom. The molecule has 1 N–H and O–H groups in total. The number of hydrogen-bond acceptors (Lipinski definition) is 2. The van der Waals surface area contributed by atoms with E-state index >= 15 is 0 Å². The van der Waals surface area contributed by atoms with Gasteiger partial charge in [0.25, 0.3) is 0 Å². The van der Waals surface area contributed by atoms with Gasteiger partial charge >= 0.3 is 6.18 Å². The number of alkyl halides is 3. The fraction of sp³-hybridized carbons (Fsp3) is 0.308. The quantitative estimate of drug-likeness (QED) is 0.893. The van der Waals surface area contributed by atoms with Gasteiger partial charge in [-0.2, -0.15) is 18.3 Å². The molecule has 1 heterocycles. The van der Waals surface area contributed by atoms with E-state index in [-0.39, 0.29) is 11.7 Å². The van der Waals surface area contributed by atoms with Crippen LogP contribution in [0.4, 0.5) is 18.9 Å². The number of rotatable bonds is 3. The highest BCUT2D eigenvalue weighted by molar-refractivity contribution is 9.10. The van der Waals surface area contributed by atoms with E-state index in [9.17, 15) is 13.2 Å². The second-order valence-corrected chi connectivity index (χ2v) is 5.35. The van der Waals surface area contributed by atoms with Gasteiger partial charge in [-0.05, 0) is 31.2 Å². The van der Waals surface area contributed by atoms with E-state index in [1.807, 2.05) is 0 Å². The highest BCUT2D eigenvalue weighted by Gasteiger charge is 2.34. The molecule has 0 aliphatic heterocycles. The molecule has 20 heavy (non-hydrogen) atoms. The van der Waals surface area contributed by atoms with Crippen molar-refractivity contribution < 1.29 is 13.2 Å². The van der Waals surface area contributed by atoms with Crippen LogP contribution in [0.15, 0.2) is 34.9 Å². The lowest BCUT2D eigenvalue weighted by Gasteiger charge is -2.20. The zero-order chi connectivity index (χ0) is 14.9. The lowest BCUT2D eigenvalue weighted by atomic mass is 10.1. The molecule has 2 rings (SSSR count). The van der Waals surface area contributed by atoms with Gasteiger partial charge < -0.3 is 5.32 Å². The van der Waals surface area contributed by atoms with Crippen molar-refractivity contribution in [1.82, 2.24) is 9.78 Å². The molecule has 1 aromatic carbocycles. The van der Waals surface area contributed by atoms with Crippen molar-refractivity contribution in [2.45, 2.75) is 19.1 Å². The molecule has 0 aliphatic rings. The summed E-state index contributed by atoms with van der Waals surface area (Å²) in [5.74, 6) is 0. The average Bonchev–Trinajstić information content (AvgIpc) is 2.76. The number of nitrogens with one attached hydrogen (secondary N) is 1. The molecule has 0 amide bonds. The largest absolute Gasteiger partial charge is 0.418 e. The smallest absolute Gasteiger partial charge is 0.376 e. The molecule has 0 saturated heterocycles. The van der Waals surface area contributed by atoms with Crippen LogP contribution in [0.1, 0.15) is 24.2 Å². The monoisotopic (exact) mass is 347 g/mol. The molecule has 0 aliphatic carbocycles. The molecule has 1 aromatic heterocycles. The molecule has 1 atom stereocenters. The van der Waals surface area contributed by atoms with E-state index in [1.54, 1.807) is 37.0 Å². The average molecular weight is 348 g/mol. The summed E-state index contributed by atoms with van der Waals surface area (Å²) in [4.78, 5) is 0. The third kappa shape index (κ3) is 3.15. The zero-order valence-corrected chi connectivity index (χ0v) is 12.5. The number of aromatic nitrogens is 2. The molecule has 108 valence electrons. The van der Waals surface area contributed by atoms with Crippen LogP contribution in [0.2, 0.25) is 0 Å². The maximum atomic E-state index is 13.0. The Balaban J connectivity index is 2.32. The van der Waals surface area contributed by atoms with Gasteiger partial charge in [0.15, 0.2) is 0 Å². The van der Waals surface area contributed by atoms with Crippen LogP contribution >= 0.6 is 15.9 Å². The van der Waals surface area contributed by atoms with E-state index in [0.29, 0.717) is 4.47 Å². The van der Waals surface area contributed by atoms with Crippen molar-refractivity contribution in [2.75, 3.05) is 5.32 Å². The van der Waals surface area contributed by atoms with E-state index in [4.69, 9.17) is 0 Å². The van der Waals surface area contributed by atoms with Crippen LogP contribution in [-0.2, 0) is 13.2 Å². The van der Waals surface area contributed by atoms with E-state index < -0.39 is 11.7 Å². The van der Waals surface area contributed by atoms with Gasteiger partial charge in [0.1, 0.15) is 0 Å². The van der Waals surface area contributed by atoms with Crippen molar-refractivity contribution in [3.63, 3.8) is 0 Å². The van der Waals surface area contributed by atoms with Gasteiger partial charge in [0.05, 0.1) is 17.3 Å². The summed E-state index contributed by atoms with van der Waals surface area (Å²) in [6.07, 6.45) is -2.79. The van der Waals surface area contributed by atoms with Crippen molar-refractivity contribution >= 4 is 21.6 Å². The lowest BCUT2D eigenvalue weighted by Crippen LogP contribution is -2.15. The Hall–Kier alpha value is -1.50. The molecule has 0 bridgehead atoms. The van der Waals surface area contributed by atoms with Crippen molar-refractivity contribution in [3.8, 4) is 0 Å². The first-order chi connectivity index (χ1) is 9.29. The van der Waals surface area contributed by atoms with Gasteiger partial charge in [0, 0.05) is 23.4 Å². The minimum absolute atomic E-state index is 0.0504. The Bertz CT molecular complexity index is 607. The molecule has 0 saturated carbocycles. The third-order valence-corrected chi connectivity index (χ3v) is 3.45. The molecule has 7 heteroatoms. The van der Waals surface area contributed by atoms with Gasteiger partial charge in [-0.25, -0.2) is 0 Å². The first-order valence-corrected chi connectivity index (χ1v) is 6.69. The van der Waals surface area contributed by atoms with Crippen molar-refractivity contribution in [1.29, 1.82) is 0 Å². The maximum absolute atomic E-state index is 13.0. The fourth-order valence-electron chi connectivity index (χ4n) is 1.99. The summed E-state index contributed by atoms with van der Waals surface area (Å²) in [7, 11) is 1.75. The van der Waals surface area contributed by atoms with Gasteiger partial charge in [0.2, 0.25) is 0 Å². The van der Waals surface area contributed by atoms with Crippen LogP contribution in [0.5, 0.6) is 0 Å². The molecule has 0 radical (unpaired) electrons. The predicted molar refractivity (Wildman–Crippen MR) is 74.4 cm³/mol. The first-order valence-electron chi connectivity index (χ1n) is 5.90. The van der Waals surface area contributed by atoms with Crippen LogP contribution in [0.25, 0.3) is 0 Å². The van der Waals surface area contributed by atoms with Crippen molar-refractivity contribution in [2.24, 2.45) is 7.05 Å². The Labute approximate surface area is 122 Å². The summed E-state index contributed by atoms with van der Waals surface area (Å²) in [6.45, 7) is 1.79. The van der Waals surface area contributed by atoms with E-state index in [1.165, 1.54) is 6.07 Å². The first kappa shape index (κ1) is 14.9. The molecule has 0 fully saturated rings. The number of benzene rings is 1. The number of halogens is 4. The number of aryl methyl sites for hydroxylation is 1. The van der Waals surface area contributed by atoms with E-state index in [2.05, 4.69) is 26.3 Å². The summed E-state index contributed by atoms with van der Waals surface area (Å²) in [5.41, 5.74) is 0.163. The molecule has 1 unspecified atom stereocenters. The number of hydrogen-bond donors (Lipinski definition) is 1. The normalized spacial score (nSPS) is 13.3. The van der Waals surface area contributed by atoms with Gasteiger partial charge in [-0.1, -0.05) is 15.9 Å². The minimum atomic E-state index is -4.40. The SMILES string of the molecule is CC(Nc1ccc(Br)cc1C(F)(F)F)c1ccnn1C. The Morgan fingerprint density at radius 1 is 1.30 bits per heavy atom. The number of anilines is 1. The van der Waals surface area contributed by atoms with E-state index in [0.717, 1.165) is 11.8 Å². The van der Waals surface area contributed by atoms with Crippen LogP contribution in [-0.4, -0.2) is 9.78 Å². The van der Waals surface area contributed by atoms with Crippen LogP contribution in [0, 0.1) is 0 Å². The molecule has 3 nitrogen and oxygen atoms in total.